The number of H-pyrrole nitrogens is 1. The van der Waals surface area contributed by atoms with Crippen molar-refractivity contribution in [3.05, 3.63) is 72.2 Å². The second-order valence-electron chi connectivity index (χ2n) is 8.84. The number of carbonyl (C=O) groups is 2. The summed E-state index contributed by atoms with van der Waals surface area (Å²) in [4.78, 5) is 37.2. The number of hydrogen-bond acceptors (Lipinski definition) is 3. The lowest BCUT2D eigenvalue weighted by Crippen LogP contribution is -2.41. The highest BCUT2D eigenvalue weighted by molar-refractivity contribution is 5.95. The smallest absolute Gasteiger partial charge is 0.321 e. The molecule has 7 heteroatoms. The van der Waals surface area contributed by atoms with E-state index < -0.39 is 0 Å². The molecule has 0 radical (unpaired) electrons. The standard InChI is InChI=1S/C26H29N5O2/c32-25(30-14-4-5-15-30)20-10-12-22(13-11-20)28-26(33)31-16-6-9-21(18-31)24-27-17-23(29-24)19-7-2-1-3-8-19/h1-3,7-8,10-13,17,21H,4-6,9,14-16,18H2,(H,27,29)(H,28,33)/t21-/m0/s1. The highest BCUT2D eigenvalue weighted by Crippen LogP contribution is 2.27. The fourth-order valence-corrected chi connectivity index (χ4v) is 4.69. The summed E-state index contributed by atoms with van der Waals surface area (Å²) < 4.78 is 0. The van der Waals surface area contributed by atoms with Crippen molar-refractivity contribution in [3.8, 4) is 11.3 Å². The van der Waals surface area contributed by atoms with Gasteiger partial charge >= 0.3 is 6.03 Å². The van der Waals surface area contributed by atoms with E-state index in [1.165, 1.54) is 0 Å². The Bertz CT molecular complexity index is 1100. The Labute approximate surface area is 193 Å². The Kier molecular flexibility index (Phi) is 6.11. The fraction of sp³-hybridized carbons (Fsp3) is 0.346. The molecule has 2 N–H and O–H groups in total. The van der Waals surface area contributed by atoms with Crippen molar-refractivity contribution >= 4 is 17.6 Å². The molecule has 3 heterocycles. The number of urea groups is 1. The quantitative estimate of drug-likeness (QED) is 0.612. The van der Waals surface area contributed by atoms with Crippen molar-refractivity contribution < 1.29 is 9.59 Å². The van der Waals surface area contributed by atoms with Crippen LogP contribution in [0.4, 0.5) is 10.5 Å². The maximum absolute atomic E-state index is 12.9. The van der Waals surface area contributed by atoms with Crippen LogP contribution >= 0.6 is 0 Å². The summed E-state index contributed by atoms with van der Waals surface area (Å²) in [6.07, 6.45) is 5.95. The number of hydrogen-bond donors (Lipinski definition) is 2. The molecule has 2 aliphatic heterocycles. The molecular weight excluding hydrogens is 414 g/mol. The number of anilines is 1. The van der Waals surface area contributed by atoms with E-state index >= 15 is 0 Å². The fourth-order valence-electron chi connectivity index (χ4n) is 4.69. The summed E-state index contributed by atoms with van der Waals surface area (Å²) >= 11 is 0. The normalized spacial score (nSPS) is 18.4. The topological polar surface area (TPSA) is 81.3 Å². The van der Waals surface area contributed by atoms with Crippen LogP contribution in [0.15, 0.2) is 60.8 Å². The van der Waals surface area contributed by atoms with E-state index in [9.17, 15) is 9.59 Å². The van der Waals surface area contributed by atoms with Crippen molar-refractivity contribution in [2.24, 2.45) is 0 Å². The Hall–Kier alpha value is -3.61. The van der Waals surface area contributed by atoms with Gasteiger partial charge in [0.2, 0.25) is 0 Å². The molecule has 2 fully saturated rings. The van der Waals surface area contributed by atoms with E-state index in [1.807, 2.05) is 34.2 Å². The molecular formula is C26H29N5O2. The van der Waals surface area contributed by atoms with Crippen molar-refractivity contribution in [1.29, 1.82) is 0 Å². The molecule has 170 valence electrons. The predicted molar refractivity (Wildman–Crippen MR) is 128 cm³/mol. The first-order valence-electron chi connectivity index (χ1n) is 11.7. The molecule has 1 aromatic heterocycles. The van der Waals surface area contributed by atoms with Crippen LogP contribution in [-0.4, -0.2) is 57.9 Å². The summed E-state index contributed by atoms with van der Waals surface area (Å²) in [6, 6.07) is 17.2. The number of piperidine rings is 1. The lowest BCUT2D eigenvalue weighted by Gasteiger charge is -2.32. The molecule has 33 heavy (non-hydrogen) atoms. The van der Waals surface area contributed by atoms with Crippen LogP contribution in [-0.2, 0) is 0 Å². The van der Waals surface area contributed by atoms with Crippen LogP contribution < -0.4 is 5.32 Å². The first-order valence-corrected chi connectivity index (χ1v) is 11.7. The van der Waals surface area contributed by atoms with E-state index in [-0.39, 0.29) is 17.9 Å². The number of benzene rings is 2. The minimum Gasteiger partial charge on any atom is -0.342 e. The van der Waals surface area contributed by atoms with E-state index in [0.29, 0.717) is 17.8 Å². The monoisotopic (exact) mass is 443 g/mol. The van der Waals surface area contributed by atoms with Gasteiger partial charge in [-0.15, -0.1) is 0 Å². The average Bonchev–Trinajstić information content (AvgIpc) is 3.58. The number of amides is 3. The number of likely N-dealkylation sites (tertiary alicyclic amines) is 2. The van der Waals surface area contributed by atoms with Crippen LogP contribution in [0.25, 0.3) is 11.3 Å². The van der Waals surface area contributed by atoms with Gasteiger partial charge in [0.05, 0.1) is 11.9 Å². The number of carbonyl (C=O) groups excluding carboxylic acids is 2. The SMILES string of the molecule is O=C(Nc1ccc(C(=O)N2CCCC2)cc1)N1CCC[C@H](c2ncc(-c3ccccc3)[nH]2)C1. The zero-order chi connectivity index (χ0) is 22.6. The molecule has 2 aliphatic rings. The Morgan fingerprint density at radius 2 is 1.64 bits per heavy atom. The van der Waals surface area contributed by atoms with Gasteiger partial charge in [0.25, 0.3) is 5.91 Å². The zero-order valence-corrected chi connectivity index (χ0v) is 18.7. The van der Waals surface area contributed by atoms with E-state index in [0.717, 1.165) is 62.4 Å². The van der Waals surface area contributed by atoms with Crippen LogP contribution in [0.3, 0.4) is 0 Å². The van der Waals surface area contributed by atoms with Gasteiger partial charge in [-0.2, -0.15) is 0 Å². The van der Waals surface area contributed by atoms with E-state index in [4.69, 9.17) is 0 Å². The van der Waals surface area contributed by atoms with Crippen LogP contribution in [0.1, 0.15) is 47.8 Å². The van der Waals surface area contributed by atoms with Gasteiger partial charge in [-0.25, -0.2) is 9.78 Å². The second kappa shape index (κ2) is 9.48. The lowest BCUT2D eigenvalue weighted by molar-refractivity contribution is 0.0793. The van der Waals surface area contributed by atoms with Crippen LogP contribution in [0.2, 0.25) is 0 Å². The molecule has 3 amide bonds. The first kappa shape index (κ1) is 21.2. The minimum atomic E-state index is -0.117. The first-order chi connectivity index (χ1) is 16.2. The molecule has 1 atom stereocenters. The van der Waals surface area contributed by atoms with Gasteiger partial charge in [0.15, 0.2) is 0 Å². The third-order valence-electron chi connectivity index (χ3n) is 6.55. The number of aromatic nitrogens is 2. The van der Waals surface area contributed by atoms with Gasteiger partial charge in [-0.3, -0.25) is 4.79 Å². The molecule has 0 spiro atoms. The number of imidazole rings is 1. The van der Waals surface area contributed by atoms with Gasteiger partial charge < -0.3 is 20.1 Å². The Morgan fingerprint density at radius 1 is 0.909 bits per heavy atom. The zero-order valence-electron chi connectivity index (χ0n) is 18.7. The predicted octanol–water partition coefficient (Wildman–Crippen LogP) is 4.72. The average molecular weight is 444 g/mol. The van der Waals surface area contributed by atoms with E-state index in [1.54, 1.807) is 24.3 Å². The maximum atomic E-state index is 12.9. The van der Waals surface area contributed by atoms with Crippen LogP contribution in [0, 0.1) is 0 Å². The summed E-state index contributed by atoms with van der Waals surface area (Å²) in [5, 5.41) is 2.98. The molecule has 7 nitrogen and oxygen atoms in total. The molecule has 0 saturated carbocycles. The highest BCUT2D eigenvalue weighted by atomic mass is 16.2. The number of rotatable bonds is 4. The number of nitrogens with zero attached hydrogens (tertiary/aromatic N) is 3. The summed E-state index contributed by atoms with van der Waals surface area (Å²) in [5.41, 5.74) is 3.47. The lowest BCUT2D eigenvalue weighted by atomic mass is 9.97. The summed E-state index contributed by atoms with van der Waals surface area (Å²) in [7, 11) is 0. The maximum Gasteiger partial charge on any atom is 0.321 e. The van der Waals surface area contributed by atoms with E-state index in [2.05, 4.69) is 27.4 Å². The van der Waals surface area contributed by atoms with Gasteiger partial charge in [0, 0.05) is 43.3 Å². The molecule has 5 rings (SSSR count). The van der Waals surface area contributed by atoms with Gasteiger partial charge in [-0.1, -0.05) is 30.3 Å². The number of aromatic amines is 1. The molecule has 2 aromatic carbocycles. The molecule has 0 unspecified atom stereocenters. The molecule has 0 aliphatic carbocycles. The molecule has 0 bridgehead atoms. The third kappa shape index (κ3) is 4.77. The van der Waals surface area contributed by atoms with Crippen LogP contribution in [0.5, 0.6) is 0 Å². The Morgan fingerprint density at radius 3 is 2.39 bits per heavy atom. The minimum absolute atomic E-state index is 0.0672. The number of nitrogens with one attached hydrogen (secondary N) is 2. The van der Waals surface area contributed by atoms with Crippen molar-refractivity contribution in [2.75, 3.05) is 31.5 Å². The van der Waals surface area contributed by atoms with Gasteiger partial charge in [0.1, 0.15) is 5.82 Å². The summed E-state index contributed by atoms with van der Waals surface area (Å²) in [6.45, 7) is 3.01. The second-order valence-corrected chi connectivity index (χ2v) is 8.84. The van der Waals surface area contributed by atoms with Crippen molar-refractivity contribution in [1.82, 2.24) is 19.8 Å². The molecule has 2 saturated heterocycles. The van der Waals surface area contributed by atoms with Crippen molar-refractivity contribution in [3.63, 3.8) is 0 Å². The molecule has 3 aromatic rings. The Balaban J connectivity index is 1.20. The van der Waals surface area contributed by atoms with Crippen molar-refractivity contribution in [2.45, 2.75) is 31.6 Å². The third-order valence-corrected chi connectivity index (χ3v) is 6.55. The van der Waals surface area contributed by atoms with Gasteiger partial charge in [-0.05, 0) is 55.5 Å². The highest BCUT2D eigenvalue weighted by Gasteiger charge is 2.27. The summed E-state index contributed by atoms with van der Waals surface area (Å²) in [5.74, 6) is 1.18. The largest absolute Gasteiger partial charge is 0.342 e.